The predicted octanol–water partition coefficient (Wildman–Crippen LogP) is -0.811. The molecule has 0 aliphatic heterocycles. The molecule has 5 N–H and O–H groups in total. The zero-order chi connectivity index (χ0) is 6.57. The molecule has 0 aromatic rings. The van der Waals surface area contributed by atoms with Gasteiger partial charge in [0.15, 0.2) is 0 Å². The fourth-order valence-corrected chi connectivity index (χ4v) is 0.185. The number of hydrogen-bond acceptors (Lipinski definition) is 4. The summed E-state index contributed by atoms with van der Waals surface area (Å²) in [4.78, 5) is 0. The van der Waals surface area contributed by atoms with Crippen molar-refractivity contribution in [2.24, 2.45) is 16.7 Å². The van der Waals surface area contributed by atoms with Gasteiger partial charge in [-0.3, -0.25) is 5.41 Å². The Bertz CT molecular complexity index is 118. The highest BCUT2D eigenvalue weighted by Crippen LogP contribution is 1.73. The van der Waals surface area contributed by atoms with Gasteiger partial charge in [-0.15, -0.1) is 5.10 Å². The smallest absolute Gasteiger partial charge is 0.285 e. The van der Waals surface area contributed by atoms with Gasteiger partial charge in [-0.1, -0.05) is 0 Å². The molecule has 0 saturated carbocycles. The van der Waals surface area contributed by atoms with Gasteiger partial charge in [0.05, 0.1) is 0 Å². The van der Waals surface area contributed by atoms with Crippen LogP contribution in [0, 0.1) is 5.41 Å². The third-order valence-electron chi connectivity index (χ3n) is 0.439. The minimum atomic E-state index is -0.406. The van der Waals surface area contributed by atoms with Crippen molar-refractivity contribution < 1.29 is 4.74 Å². The first-order chi connectivity index (χ1) is 3.66. The lowest BCUT2D eigenvalue weighted by atomic mass is 10.8. The molecule has 0 aliphatic rings. The van der Waals surface area contributed by atoms with Crippen LogP contribution in [-0.2, 0) is 4.74 Å². The van der Waals surface area contributed by atoms with Crippen LogP contribution >= 0.6 is 0 Å². The molecule has 0 amide bonds. The van der Waals surface area contributed by atoms with E-state index in [4.69, 9.17) is 17.0 Å². The van der Waals surface area contributed by atoms with Gasteiger partial charge in [-0.2, -0.15) is 0 Å². The second-order valence-corrected chi connectivity index (χ2v) is 1.11. The number of hydrogen-bond donors (Lipinski definition) is 3. The second kappa shape index (κ2) is 2.84. The van der Waals surface area contributed by atoms with Gasteiger partial charge in [-0.05, 0) is 0 Å². The normalized spacial score (nSPS) is 10.9. The molecule has 0 rings (SSSR count). The number of nitrogens with two attached hydrogens (primary N) is 2. The van der Waals surface area contributed by atoms with Gasteiger partial charge in [0.2, 0.25) is 5.90 Å². The van der Waals surface area contributed by atoms with Crippen molar-refractivity contribution in [1.29, 1.82) is 5.41 Å². The standard InChI is InChI=1S/C3H8N4O/c1-2(7-6)8-3(4)5/h6H2,1H3,(H3,4,5)/b7-2-. The Morgan fingerprint density at radius 3 is 2.38 bits per heavy atom. The number of amidine groups is 1. The topological polar surface area (TPSA) is 97.5 Å². The van der Waals surface area contributed by atoms with E-state index in [1.165, 1.54) is 6.92 Å². The van der Waals surface area contributed by atoms with Crippen LogP contribution in [0.1, 0.15) is 6.92 Å². The van der Waals surface area contributed by atoms with Gasteiger partial charge in [-0.25, -0.2) is 0 Å². The number of ether oxygens (including phenoxy) is 1. The molecule has 0 aliphatic carbocycles. The van der Waals surface area contributed by atoms with Crippen molar-refractivity contribution in [3.05, 3.63) is 0 Å². The summed E-state index contributed by atoms with van der Waals surface area (Å²) < 4.78 is 4.39. The second-order valence-electron chi connectivity index (χ2n) is 1.11. The Morgan fingerprint density at radius 2 is 2.25 bits per heavy atom. The minimum absolute atomic E-state index is 0.178. The summed E-state index contributed by atoms with van der Waals surface area (Å²) in [6.07, 6.45) is 0. The summed E-state index contributed by atoms with van der Waals surface area (Å²) in [6.45, 7) is 1.50. The van der Waals surface area contributed by atoms with Crippen LogP contribution in [-0.4, -0.2) is 11.9 Å². The van der Waals surface area contributed by atoms with Crippen LogP contribution in [0.15, 0.2) is 5.10 Å². The number of nitrogens with one attached hydrogen (secondary N) is 1. The fraction of sp³-hybridized carbons (Fsp3) is 0.333. The van der Waals surface area contributed by atoms with E-state index in [1.807, 2.05) is 0 Å². The molecular formula is C3H8N4O. The van der Waals surface area contributed by atoms with Crippen LogP contribution in [0.4, 0.5) is 0 Å². The summed E-state index contributed by atoms with van der Waals surface area (Å²) in [7, 11) is 0. The zero-order valence-electron chi connectivity index (χ0n) is 4.51. The molecule has 5 nitrogen and oxygen atoms in total. The molecule has 0 aromatic heterocycles. The van der Waals surface area contributed by atoms with Gasteiger partial charge in [0.25, 0.3) is 6.02 Å². The third kappa shape index (κ3) is 2.95. The van der Waals surface area contributed by atoms with Crippen molar-refractivity contribution in [2.45, 2.75) is 6.92 Å². The van der Waals surface area contributed by atoms with Crippen LogP contribution in [0.2, 0.25) is 0 Å². The largest absolute Gasteiger partial charge is 0.410 e. The predicted molar refractivity (Wildman–Crippen MR) is 30.3 cm³/mol. The van der Waals surface area contributed by atoms with E-state index in [1.54, 1.807) is 0 Å². The SMILES string of the molecule is C/C(=N/N)OC(=N)N. The summed E-state index contributed by atoms with van der Waals surface area (Å²) in [5, 5.41) is 9.65. The molecular weight excluding hydrogens is 108 g/mol. The van der Waals surface area contributed by atoms with Crippen molar-refractivity contribution in [1.82, 2.24) is 0 Å². The number of nitrogens with zero attached hydrogens (tertiary/aromatic N) is 1. The van der Waals surface area contributed by atoms with Gasteiger partial charge in [0.1, 0.15) is 0 Å². The Labute approximate surface area is 46.8 Å². The molecule has 0 radical (unpaired) electrons. The lowest BCUT2D eigenvalue weighted by Crippen LogP contribution is -2.18. The first-order valence-corrected chi connectivity index (χ1v) is 1.93. The van der Waals surface area contributed by atoms with Crippen LogP contribution in [0.5, 0.6) is 0 Å². The minimum Gasteiger partial charge on any atom is -0.410 e. The fourth-order valence-electron chi connectivity index (χ4n) is 0.185. The molecule has 8 heavy (non-hydrogen) atoms. The maximum atomic E-state index is 6.55. The average Bonchev–Trinajstić information content (AvgIpc) is 1.65. The first-order valence-electron chi connectivity index (χ1n) is 1.93. The molecule has 0 spiro atoms. The molecule has 0 fully saturated rings. The molecule has 0 aromatic carbocycles. The highest BCUT2D eigenvalue weighted by atomic mass is 16.5. The molecule has 0 heterocycles. The maximum absolute atomic E-state index is 6.55. The maximum Gasteiger partial charge on any atom is 0.285 e. The van der Waals surface area contributed by atoms with E-state index in [9.17, 15) is 0 Å². The molecule has 0 atom stereocenters. The third-order valence-corrected chi connectivity index (χ3v) is 0.439. The summed E-state index contributed by atoms with van der Waals surface area (Å²) in [6, 6.07) is -0.406. The van der Waals surface area contributed by atoms with E-state index in [2.05, 4.69) is 9.84 Å². The summed E-state index contributed by atoms with van der Waals surface area (Å²) in [5.41, 5.74) is 4.79. The van der Waals surface area contributed by atoms with Crippen LogP contribution in [0.3, 0.4) is 0 Å². The Morgan fingerprint density at radius 1 is 1.75 bits per heavy atom. The van der Waals surface area contributed by atoms with E-state index in [0.717, 1.165) is 0 Å². The molecule has 5 heteroatoms. The van der Waals surface area contributed by atoms with Gasteiger partial charge < -0.3 is 16.3 Å². The molecule has 0 saturated heterocycles. The lowest BCUT2D eigenvalue weighted by molar-refractivity contribution is 0.523. The van der Waals surface area contributed by atoms with E-state index in [0.29, 0.717) is 0 Å². The van der Waals surface area contributed by atoms with Crippen LogP contribution in [0.25, 0.3) is 0 Å². The van der Waals surface area contributed by atoms with Crippen molar-refractivity contribution >= 4 is 11.9 Å². The number of hydrazone groups is 1. The monoisotopic (exact) mass is 116 g/mol. The van der Waals surface area contributed by atoms with E-state index >= 15 is 0 Å². The highest BCUT2D eigenvalue weighted by Gasteiger charge is 1.89. The molecule has 46 valence electrons. The van der Waals surface area contributed by atoms with Crippen molar-refractivity contribution in [2.75, 3.05) is 0 Å². The van der Waals surface area contributed by atoms with E-state index < -0.39 is 6.02 Å². The quantitative estimate of drug-likeness (QED) is 0.167. The highest BCUT2D eigenvalue weighted by molar-refractivity contribution is 5.86. The van der Waals surface area contributed by atoms with E-state index in [-0.39, 0.29) is 5.90 Å². The van der Waals surface area contributed by atoms with Crippen molar-refractivity contribution in [3.8, 4) is 0 Å². The van der Waals surface area contributed by atoms with Gasteiger partial charge >= 0.3 is 0 Å². The Balaban J connectivity index is 3.56. The van der Waals surface area contributed by atoms with Gasteiger partial charge in [0, 0.05) is 6.92 Å². The Kier molecular flexibility index (Phi) is 2.39. The Hall–Kier alpha value is -1.26. The lowest BCUT2D eigenvalue weighted by Gasteiger charge is -1.96. The average molecular weight is 116 g/mol. The summed E-state index contributed by atoms with van der Waals surface area (Å²) >= 11 is 0. The molecule has 0 unspecified atom stereocenters. The first kappa shape index (κ1) is 6.74. The van der Waals surface area contributed by atoms with Crippen molar-refractivity contribution in [3.63, 3.8) is 0 Å². The summed E-state index contributed by atoms with van der Waals surface area (Å²) in [5.74, 6) is 4.91. The number of rotatable bonds is 0. The van der Waals surface area contributed by atoms with Crippen LogP contribution < -0.4 is 11.6 Å². The molecule has 0 bridgehead atoms. The zero-order valence-corrected chi connectivity index (χ0v) is 4.51.